The van der Waals surface area contributed by atoms with Gasteiger partial charge in [0, 0.05) is 13.2 Å². The molecule has 19 heavy (non-hydrogen) atoms. The highest BCUT2D eigenvalue weighted by molar-refractivity contribution is 6.32. The van der Waals surface area contributed by atoms with Gasteiger partial charge in [-0.2, -0.15) is 5.10 Å². The van der Waals surface area contributed by atoms with Gasteiger partial charge in [0.25, 0.3) is 5.56 Å². The number of aliphatic hydroxyl groups is 1. The van der Waals surface area contributed by atoms with Gasteiger partial charge in [-0.25, -0.2) is 4.68 Å². The minimum absolute atomic E-state index is 0.115. The van der Waals surface area contributed by atoms with Crippen LogP contribution in [0, 0.1) is 0 Å². The number of aromatic nitrogens is 2. The number of hydrogen-bond donors (Lipinski definition) is 2. The van der Waals surface area contributed by atoms with Crippen LogP contribution in [0.25, 0.3) is 0 Å². The lowest BCUT2D eigenvalue weighted by Crippen LogP contribution is -2.27. The van der Waals surface area contributed by atoms with Gasteiger partial charge in [-0.3, -0.25) is 4.79 Å². The number of hydrogen-bond acceptors (Lipinski definition) is 5. The second-order valence-corrected chi connectivity index (χ2v) is 5.01. The predicted molar refractivity (Wildman–Crippen MR) is 72.7 cm³/mol. The van der Waals surface area contributed by atoms with E-state index in [1.807, 2.05) is 0 Å². The summed E-state index contributed by atoms with van der Waals surface area (Å²) in [7, 11) is 1.71. The van der Waals surface area contributed by atoms with E-state index in [2.05, 4.69) is 10.4 Å². The van der Waals surface area contributed by atoms with Gasteiger partial charge in [0.05, 0.1) is 31.1 Å². The van der Waals surface area contributed by atoms with Gasteiger partial charge < -0.3 is 15.2 Å². The minimum Gasteiger partial charge on any atom is -0.394 e. The summed E-state index contributed by atoms with van der Waals surface area (Å²) in [5.74, 6) is 0. The van der Waals surface area contributed by atoms with Crippen molar-refractivity contribution in [3.8, 4) is 0 Å². The molecule has 106 valence electrons. The fraction of sp³-hybridized carbons (Fsp3) is 0.667. The van der Waals surface area contributed by atoms with Gasteiger partial charge in [-0.05, 0) is 19.3 Å². The van der Waals surface area contributed by atoms with Gasteiger partial charge >= 0.3 is 0 Å². The molecule has 0 spiro atoms. The molecule has 0 aromatic carbocycles. The topological polar surface area (TPSA) is 76.4 Å². The Labute approximate surface area is 116 Å². The van der Waals surface area contributed by atoms with Crippen molar-refractivity contribution in [2.75, 3.05) is 19.0 Å². The number of nitrogens with zero attached hydrogens (tertiary/aromatic N) is 2. The highest BCUT2D eigenvalue weighted by Gasteiger charge is 2.25. The highest BCUT2D eigenvalue weighted by atomic mass is 35.5. The quantitative estimate of drug-likeness (QED) is 0.840. The zero-order chi connectivity index (χ0) is 13.8. The van der Waals surface area contributed by atoms with E-state index in [0.29, 0.717) is 5.69 Å². The Morgan fingerprint density at radius 3 is 3.05 bits per heavy atom. The third kappa shape index (κ3) is 3.26. The second-order valence-electron chi connectivity index (χ2n) is 4.64. The number of halogens is 1. The Bertz CT molecular complexity index is 492. The van der Waals surface area contributed by atoms with Crippen molar-refractivity contribution in [1.82, 2.24) is 9.78 Å². The number of rotatable bonds is 5. The second kappa shape index (κ2) is 6.36. The molecule has 2 rings (SSSR count). The molecule has 1 aromatic heterocycles. The van der Waals surface area contributed by atoms with Crippen LogP contribution in [0.1, 0.15) is 19.3 Å². The molecular weight excluding hydrogens is 270 g/mol. The summed E-state index contributed by atoms with van der Waals surface area (Å²) in [4.78, 5) is 11.9. The first-order valence-corrected chi connectivity index (χ1v) is 6.69. The molecule has 1 fully saturated rings. The Hall–Kier alpha value is -1.11. The van der Waals surface area contributed by atoms with E-state index < -0.39 is 0 Å². The van der Waals surface area contributed by atoms with E-state index in [9.17, 15) is 4.79 Å². The maximum atomic E-state index is 11.9. The molecule has 0 radical (unpaired) electrons. The Morgan fingerprint density at radius 1 is 1.63 bits per heavy atom. The fourth-order valence-electron chi connectivity index (χ4n) is 2.32. The number of aliphatic hydroxyl groups excluding tert-OH is 1. The first-order chi connectivity index (χ1) is 9.15. The SMILES string of the molecule is COC1CCC(Nc2cnn(CCO)c(=O)c2Cl)C1. The summed E-state index contributed by atoms with van der Waals surface area (Å²) in [6.07, 6.45) is 4.67. The van der Waals surface area contributed by atoms with Crippen molar-refractivity contribution in [3.05, 3.63) is 21.6 Å². The highest BCUT2D eigenvalue weighted by Crippen LogP contribution is 2.26. The Kier molecular flexibility index (Phi) is 4.79. The van der Waals surface area contributed by atoms with Crippen molar-refractivity contribution < 1.29 is 9.84 Å². The van der Waals surface area contributed by atoms with Crippen LogP contribution in [-0.4, -0.2) is 40.7 Å². The van der Waals surface area contributed by atoms with Crippen LogP contribution in [0.15, 0.2) is 11.0 Å². The molecule has 2 unspecified atom stereocenters. The van der Waals surface area contributed by atoms with E-state index in [1.54, 1.807) is 7.11 Å². The van der Waals surface area contributed by atoms with Crippen LogP contribution in [0.5, 0.6) is 0 Å². The van der Waals surface area contributed by atoms with E-state index in [1.165, 1.54) is 6.20 Å². The molecule has 1 aliphatic rings. The van der Waals surface area contributed by atoms with E-state index >= 15 is 0 Å². The third-order valence-electron chi connectivity index (χ3n) is 3.37. The molecule has 7 heteroatoms. The molecule has 0 bridgehead atoms. The maximum Gasteiger partial charge on any atom is 0.287 e. The number of nitrogens with one attached hydrogen (secondary N) is 1. The maximum absolute atomic E-state index is 11.9. The average molecular weight is 288 g/mol. The Morgan fingerprint density at radius 2 is 2.42 bits per heavy atom. The van der Waals surface area contributed by atoms with Gasteiger partial charge in [-0.1, -0.05) is 11.6 Å². The molecule has 2 atom stereocenters. The first-order valence-electron chi connectivity index (χ1n) is 6.31. The Balaban J connectivity index is 2.09. The molecular formula is C12H18ClN3O3. The monoisotopic (exact) mass is 287 g/mol. The molecule has 0 amide bonds. The van der Waals surface area contributed by atoms with Gasteiger partial charge in [0.2, 0.25) is 0 Å². The van der Waals surface area contributed by atoms with E-state index in [0.717, 1.165) is 23.9 Å². The molecule has 6 nitrogen and oxygen atoms in total. The normalized spacial score (nSPS) is 22.7. The minimum atomic E-state index is -0.387. The first kappa shape index (κ1) is 14.3. The molecule has 2 N–H and O–H groups in total. The summed E-state index contributed by atoms with van der Waals surface area (Å²) in [6, 6.07) is 0.248. The zero-order valence-electron chi connectivity index (χ0n) is 10.8. The summed E-state index contributed by atoms with van der Waals surface area (Å²) >= 11 is 6.03. The molecule has 1 heterocycles. The van der Waals surface area contributed by atoms with Crippen molar-refractivity contribution in [1.29, 1.82) is 0 Å². The zero-order valence-corrected chi connectivity index (χ0v) is 11.6. The van der Waals surface area contributed by atoms with Crippen LogP contribution in [0.2, 0.25) is 5.02 Å². The van der Waals surface area contributed by atoms with Crippen LogP contribution < -0.4 is 10.9 Å². The van der Waals surface area contributed by atoms with Crippen LogP contribution in [0.4, 0.5) is 5.69 Å². The van der Waals surface area contributed by atoms with E-state index in [-0.39, 0.29) is 35.9 Å². The third-order valence-corrected chi connectivity index (χ3v) is 3.74. The summed E-state index contributed by atoms with van der Waals surface area (Å²) in [5, 5.41) is 16.1. The molecule has 0 aliphatic heterocycles. The largest absolute Gasteiger partial charge is 0.394 e. The molecule has 1 aliphatic carbocycles. The summed E-state index contributed by atoms with van der Waals surface area (Å²) < 4.78 is 6.45. The van der Waals surface area contributed by atoms with Crippen molar-refractivity contribution in [2.24, 2.45) is 0 Å². The molecule has 1 aromatic rings. The standard InChI is InChI=1S/C12H18ClN3O3/c1-19-9-3-2-8(6-9)15-10-7-14-16(4-5-17)12(18)11(10)13/h7-9,15,17H,2-6H2,1H3. The molecule has 1 saturated carbocycles. The van der Waals surface area contributed by atoms with Crippen LogP contribution in [0.3, 0.4) is 0 Å². The van der Waals surface area contributed by atoms with Crippen LogP contribution >= 0.6 is 11.6 Å². The fourth-order valence-corrected chi connectivity index (χ4v) is 2.53. The lowest BCUT2D eigenvalue weighted by atomic mass is 10.2. The van der Waals surface area contributed by atoms with Gasteiger partial charge in [-0.15, -0.1) is 0 Å². The van der Waals surface area contributed by atoms with Crippen molar-refractivity contribution >= 4 is 17.3 Å². The smallest absolute Gasteiger partial charge is 0.287 e. The lowest BCUT2D eigenvalue weighted by Gasteiger charge is -2.15. The van der Waals surface area contributed by atoms with Gasteiger partial charge in [0.1, 0.15) is 5.02 Å². The molecule has 0 saturated heterocycles. The average Bonchev–Trinajstić information content (AvgIpc) is 2.86. The van der Waals surface area contributed by atoms with Gasteiger partial charge in [0.15, 0.2) is 0 Å². The lowest BCUT2D eigenvalue weighted by molar-refractivity contribution is 0.108. The van der Waals surface area contributed by atoms with Crippen molar-refractivity contribution in [2.45, 2.75) is 38.0 Å². The summed E-state index contributed by atoms with van der Waals surface area (Å²) in [6.45, 7) is 0.00215. The van der Waals surface area contributed by atoms with Crippen molar-refractivity contribution in [3.63, 3.8) is 0 Å². The number of anilines is 1. The predicted octanol–water partition coefficient (Wildman–Crippen LogP) is 0.868. The summed E-state index contributed by atoms with van der Waals surface area (Å²) in [5.41, 5.74) is 0.157. The number of ether oxygens (including phenoxy) is 1. The van der Waals surface area contributed by atoms with Crippen LogP contribution in [-0.2, 0) is 11.3 Å². The van der Waals surface area contributed by atoms with E-state index in [4.69, 9.17) is 21.4 Å². The number of methoxy groups -OCH3 is 1.